The van der Waals surface area contributed by atoms with Gasteiger partial charge in [-0.2, -0.15) is 0 Å². The second-order valence-electron chi connectivity index (χ2n) is 5.99. The van der Waals surface area contributed by atoms with Gasteiger partial charge in [-0.05, 0) is 44.2 Å². The van der Waals surface area contributed by atoms with Crippen LogP contribution in [0.4, 0.5) is 0 Å². The summed E-state index contributed by atoms with van der Waals surface area (Å²) in [5.41, 5.74) is 4.59. The van der Waals surface area contributed by atoms with Gasteiger partial charge in [0, 0.05) is 24.0 Å². The second-order valence-corrected chi connectivity index (χ2v) is 5.99. The van der Waals surface area contributed by atoms with Gasteiger partial charge in [0.25, 0.3) is 5.91 Å². The molecular weight excluding hydrogens is 288 g/mol. The van der Waals surface area contributed by atoms with Gasteiger partial charge in [0.05, 0.1) is 0 Å². The second kappa shape index (κ2) is 7.27. The molecule has 0 bridgehead atoms. The zero-order valence-electron chi connectivity index (χ0n) is 13.5. The Balaban J connectivity index is 1.52. The van der Waals surface area contributed by atoms with E-state index in [9.17, 15) is 4.79 Å². The number of amides is 1. The van der Waals surface area contributed by atoms with Crippen LogP contribution in [0.5, 0.6) is 5.75 Å². The van der Waals surface area contributed by atoms with E-state index in [1.54, 1.807) is 6.20 Å². The van der Waals surface area contributed by atoms with Crippen LogP contribution in [0.3, 0.4) is 0 Å². The topological polar surface area (TPSA) is 51.2 Å². The molecule has 120 valence electrons. The van der Waals surface area contributed by atoms with Crippen molar-refractivity contribution in [2.75, 3.05) is 6.61 Å². The lowest BCUT2D eigenvalue weighted by Crippen LogP contribution is -2.28. The van der Waals surface area contributed by atoms with Crippen molar-refractivity contribution in [1.29, 1.82) is 0 Å². The number of ether oxygens (including phenoxy) is 1. The van der Waals surface area contributed by atoms with Gasteiger partial charge in [0.1, 0.15) is 5.75 Å². The van der Waals surface area contributed by atoms with E-state index in [-0.39, 0.29) is 12.5 Å². The smallest absolute Gasteiger partial charge is 0.258 e. The van der Waals surface area contributed by atoms with E-state index in [1.807, 2.05) is 37.3 Å². The average Bonchev–Trinajstić information content (AvgIpc) is 2.59. The van der Waals surface area contributed by atoms with Gasteiger partial charge >= 0.3 is 0 Å². The van der Waals surface area contributed by atoms with E-state index >= 15 is 0 Å². The van der Waals surface area contributed by atoms with Crippen LogP contribution in [0.1, 0.15) is 35.2 Å². The number of carbonyl (C=O) groups excluding carboxylic acids is 1. The van der Waals surface area contributed by atoms with Crippen molar-refractivity contribution >= 4 is 5.91 Å². The highest BCUT2D eigenvalue weighted by Gasteiger charge is 2.15. The van der Waals surface area contributed by atoms with E-state index in [2.05, 4.69) is 10.3 Å². The fourth-order valence-corrected chi connectivity index (χ4v) is 2.83. The van der Waals surface area contributed by atoms with Crippen LogP contribution in [0.2, 0.25) is 0 Å². The fraction of sp³-hybridized carbons (Fsp3) is 0.368. The third kappa shape index (κ3) is 4.09. The zero-order valence-corrected chi connectivity index (χ0v) is 13.5. The molecule has 2 aromatic rings. The molecule has 1 N–H and O–H groups in total. The highest BCUT2D eigenvalue weighted by atomic mass is 16.5. The van der Waals surface area contributed by atoms with Gasteiger partial charge in [-0.3, -0.25) is 9.78 Å². The van der Waals surface area contributed by atoms with Crippen molar-refractivity contribution in [3.05, 3.63) is 58.9 Å². The molecule has 1 aliphatic carbocycles. The molecule has 0 radical (unpaired) electrons. The molecule has 0 saturated heterocycles. The van der Waals surface area contributed by atoms with E-state index < -0.39 is 0 Å². The molecular formula is C19H22N2O2. The molecule has 0 saturated carbocycles. The molecule has 1 amide bonds. The van der Waals surface area contributed by atoms with Crippen LogP contribution in [0.25, 0.3) is 0 Å². The first-order chi connectivity index (χ1) is 11.2. The van der Waals surface area contributed by atoms with Crippen molar-refractivity contribution in [3.8, 4) is 5.75 Å². The minimum atomic E-state index is -0.105. The molecule has 23 heavy (non-hydrogen) atoms. The van der Waals surface area contributed by atoms with Crippen LogP contribution in [-0.2, 0) is 24.2 Å². The lowest BCUT2D eigenvalue weighted by Gasteiger charge is -2.18. The maximum absolute atomic E-state index is 12.0. The van der Waals surface area contributed by atoms with Crippen molar-refractivity contribution in [3.63, 3.8) is 0 Å². The van der Waals surface area contributed by atoms with Gasteiger partial charge < -0.3 is 10.1 Å². The van der Waals surface area contributed by atoms with Crippen LogP contribution in [0.15, 0.2) is 36.5 Å². The van der Waals surface area contributed by atoms with E-state index in [4.69, 9.17) is 4.74 Å². The normalized spacial score (nSPS) is 13.3. The summed E-state index contributed by atoms with van der Waals surface area (Å²) in [6.45, 7) is 2.62. The van der Waals surface area contributed by atoms with Crippen LogP contribution < -0.4 is 10.1 Å². The first-order valence-electron chi connectivity index (χ1n) is 8.14. The monoisotopic (exact) mass is 310 g/mol. The molecule has 1 aliphatic rings. The fourth-order valence-electron chi connectivity index (χ4n) is 2.83. The standard InChI is InChI=1S/C19H22N2O2/c1-14-6-8-15(9-7-14)12-21-19(22)13-23-18-10-11-20-17-5-3-2-4-16(17)18/h6-11H,2-5,12-13H2,1H3,(H,21,22). The molecule has 4 heteroatoms. The molecule has 3 rings (SSSR count). The highest BCUT2D eigenvalue weighted by molar-refractivity contribution is 5.77. The highest BCUT2D eigenvalue weighted by Crippen LogP contribution is 2.27. The molecule has 0 unspecified atom stereocenters. The minimum Gasteiger partial charge on any atom is -0.483 e. The molecule has 0 atom stereocenters. The van der Waals surface area contributed by atoms with Crippen LogP contribution >= 0.6 is 0 Å². The zero-order chi connectivity index (χ0) is 16.1. The summed E-state index contributed by atoms with van der Waals surface area (Å²) in [5, 5.41) is 2.89. The summed E-state index contributed by atoms with van der Waals surface area (Å²) < 4.78 is 5.72. The summed E-state index contributed by atoms with van der Waals surface area (Å²) in [4.78, 5) is 16.4. The Morgan fingerprint density at radius 2 is 1.96 bits per heavy atom. The summed E-state index contributed by atoms with van der Waals surface area (Å²) in [6, 6.07) is 9.99. The Kier molecular flexibility index (Phi) is 4.91. The maximum Gasteiger partial charge on any atom is 0.258 e. The van der Waals surface area contributed by atoms with Crippen molar-refractivity contribution in [1.82, 2.24) is 10.3 Å². The predicted octanol–water partition coefficient (Wildman–Crippen LogP) is 2.96. The number of pyridine rings is 1. The number of nitrogens with one attached hydrogen (secondary N) is 1. The van der Waals surface area contributed by atoms with Crippen LogP contribution in [0, 0.1) is 6.92 Å². The third-order valence-electron chi connectivity index (χ3n) is 4.16. The Hall–Kier alpha value is -2.36. The minimum absolute atomic E-state index is 0.0440. The van der Waals surface area contributed by atoms with Crippen molar-refractivity contribution < 1.29 is 9.53 Å². The number of benzene rings is 1. The van der Waals surface area contributed by atoms with E-state index in [1.165, 1.54) is 17.5 Å². The first kappa shape index (κ1) is 15.5. The largest absolute Gasteiger partial charge is 0.483 e. The van der Waals surface area contributed by atoms with Gasteiger partial charge in [-0.25, -0.2) is 0 Å². The Labute approximate surface area is 136 Å². The molecule has 1 aromatic carbocycles. The lowest BCUT2D eigenvalue weighted by molar-refractivity contribution is -0.123. The van der Waals surface area contributed by atoms with Gasteiger partial charge in [-0.1, -0.05) is 29.8 Å². The number of hydrogen-bond donors (Lipinski definition) is 1. The number of carbonyl (C=O) groups is 1. The number of nitrogens with zero attached hydrogens (tertiary/aromatic N) is 1. The summed E-state index contributed by atoms with van der Waals surface area (Å²) >= 11 is 0. The SMILES string of the molecule is Cc1ccc(CNC(=O)COc2ccnc3c2CCCC3)cc1. The molecule has 4 nitrogen and oxygen atoms in total. The quantitative estimate of drug-likeness (QED) is 0.923. The maximum atomic E-state index is 12.0. The molecule has 0 spiro atoms. The molecule has 0 aliphatic heterocycles. The van der Waals surface area contributed by atoms with Crippen LogP contribution in [-0.4, -0.2) is 17.5 Å². The van der Waals surface area contributed by atoms with Gasteiger partial charge in [0.15, 0.2) is 6.61 Å². The third-order valence-corrected chi connectivity index (χ3v) is 4.16. The lowest BCUT2D eigenvalue weighted by atomic mass is 9.95. The summed E-state index contributed by atoms with van der Waals surface area (Å²) in [6.07, 6.45) is 6.11. The Morgan fingerprint density at radius 1 is 1.17 bits per heavy atom. The number of aromatic nitrogens is 1. The molecule has 1 heterocycles. The van der Waals surface area contributed by atoms with E-state index in [0.717, 1.165) is 36.3 Å². The summed E-state index contributed by atoms with van der Waals surface area (Å²) in [7, 11) is 0. The van der Waals surface area contributed by atoms with Crippen molar-refractivity contribution in [2.24, 2.45) is 0 Å². The number of rotatable bonds is 5. The predicted molar refractivity (Wildman–Crippen MR) is 89.4 cm³/mol. The first-order valence-corrected chi connectivity index (χ1v) is 8.14. The van der Waals surface area contributed by atoms with Gasteiger partial charge in [-0.15, -0.1) is 0 Å². The van der Waals surface area contributed by atoms with E-state index in [0.29, 0.717) is 6.54 Å². The molecule has 0 fully saturated rings. The number of aryl methyl sites for hydroxylation is 2. The Morgan fingerprint density at radius 3 is 2.78 bits per heavy atom. The summed E-state index contributed by atoms with van der Waals surface area (Å²) in [5.74, 6) is 0.701. The Bertz CT molecular complexity index is 680. The molecule has 1 aromatic heterocycles. The number of hydrogen-bond acceptors (Lipinski definition) is 3. The number of fused-ring (bicyclic) bond motifs is 1. The van der Waals surface area contributed by atoms with Gasteiger partial charge in [0.2, 0.25) is 0 Å². The van der Waals surface area contributed by atoms with Crippen molar-refractivity contribution in [2.45, 2.75) is 39.2 Å². The average molecular weight is 310 g/mol.